The number of amides is 1. The van der Waals surface area contributed by atoms with Gasteiger partial charge in [0, 0.05) is 5.92 Å². The monoisotopic (exact) mass is 243 g/mol. The quantitative estimate of drug-likeness (QED) is 0.765. The van der Waals surface area contributed by atoms with Gasteiger partial charge in [0.1, 0.15) is 0 Å². The SMILES string of the molecule is [B]NC(=O)C(C)CC(C)(C)CCc1ccccc1. The number of carbonyl (C=O) groups excluding carboxylic acids is 1. The highest BCUT2D eigenvalue weighted by molar-refractivity contribution is 6.14. The molecule has 0 saturated heterocycles. The van der Waals surface area contributed by atoms with Crippen molar-refractivity contribution in [2.75, 3.05) is 0 Å². The van der Waals surface area contributed by atoms with Crippen LogP contribution >= 0.6 is 0 Å². The topological polar surface area (TPSA) is 29.1 Å². The van der Waals surface area contributed by atoms with E-state index < -0.39 is 0 Å². The van der Waals surface area contributed by atoms with Crippen LogP contribution in [-0.4, -0.2) is 13.9 Å². The first-order chi connectivity index (χ1) is 8.44. The number of hydrogen-bond acceptors (Lipinski definition) is 1. The maximum Gasteiger partial charge on any atom is 0.226 e. The summed E-state index contributed by atoms with van der Waals surface area (Å²) in [6.45, 7) is 6.33. The third kappa shape index (κ3) is 4.95. The van der Waals surface area contributed by atoms with E-state index in [-0.39, 0.29) is 17.2 Å². The van der Waals surface area contributed by atoms with E-state index in [2.05, 4.69) is 43.3 Å². The number of benzene rings is 1. The summed E-state index contributed by atoms with van der Waals surface area (Å²) in [5.41, 5.74) is 1.49. The highest BCUT2D eigenvalue weighted by atomic mass is 16.1. The summed E-state index contributed by atoms with van der Waals surface area (Å²) < 4.78 is 0. The molecule has 18 heavy (non-hydrogen) atoms. The molecule has 96 valence electrons. The number of rotatable bonds is 6. The molecule has 1 atom stereocenters. The molecule has 2 nitrogen and oxygen atoms in total. The molecule has 0 saturated carbocycles. The molecule has 0 bridgehead atoms. The molecule has 2 radical (unpaired) electrons. The van der Waals surface area contributed by atoms with Gasteiger partial charge >= 0.3 is 0 Å². The fraction of sp³-hybridized carbons (Fsp3) is 0.533. The molecule has 0 fully saturated rings. The minimum absolute atomic E-state index is 0.0410. The van der Waals surface area contributed by atoms with Gasteiger partial charge in [-0.2, -0.15) is 0 Å². The molecule has 1 aromatic carbocycles. The van der Waals surface area contributed by atoms with Crippen molar-refractivity contribution in [2.24, 2.45) is 11.3 Å². The van der Waals surface area contributed by atoms with Crippen molar-refractivity contribution in [2.45, 2.75) is 40.0 Å². The van der Waals surface area contributed by atoms with Gasteiger partial charge in [-0.1, -0.05) is 51.1 Å². The van der Waals surface area contributed by atoms with Gasteiger partial charge in [0.25, 0.3) is 0 Å². The molecule has 0 heterocycles. The first-order valence-corrected chi connectivity index (χ1v) is 6.49. The van der Waals surface area contributed by atoms with Crippen LogP contribution in [-0.2, 0) is 11.2 Å². The zero-order chi connectivity index (χ0) is 13.6. The van der Waals surface area contributed by atoms with Gasteiger partial charge in [-0.3, -0.25) is 4.79 Å². The maximum atomic E-state index is 11.4. The van der Waals surface area contributed by atoms with Gasteiger partial charge in [-0.05, 0) is 30.2 Å². The Balaban J connectivity index is 2.47. The van der Waals surface area contributed by atoms with E-state index >= 15 is 0 Å². The van der Waals surface area contributed by atoms with Gasteiger partial charge in [0.05, 0.1) is 0 Å². The van der Waals surface area contributed by atoms with E-state index in [1.807, 2.05) is 13.0 Å². The van der Waals surface area contributed by atoms with E-state index in [1.54, 1.807) is 0 Å². The molecule has 1 aromatic rings. The molecule has 1 rings (SSSR count). The predicted molar refractivity (Wildman–Crippen MR) is 76.2 cm³/mol. The van der Waals surface area contributed by atoms with Crippen molar-refractivity contribution < 1.29 is 4.79 Å². The average molecular weight is 243 g/mol. The minimum Gasteiger partial charge on any atom is -0.409 e. The Bertz CT molecular complexity index is 375. The van der Waals surface area contributed by atoms with Crippen LogP contribution in [0.15, 0.2) is 30.3 Å². The highest BCUT2D eigenvalue weighted by Crippen LogP contribution is 2.30. The zero-order valence-corrected chi connectivity index (χ0v) is 11.6. The summed E-state index contributed by atoms with van der Waals surface area (Å²) >= 11 is 0. The molecule has 0 aliphatic rings. The lowest BCUT2D eigenvalue weighted by atomic mass is 9.78. The minimum atomic E-state index is -0.0808. The molecule has 0 aromatic heterocycles. The summed E-state index contributed by atoms with van der Waals surface area (Å²) in [7, 11) is 5.16. The Morgan fingerprint density at radius 2 is 1.94 bits per heavy atom. The van der Waals surface area contributed by atoms with Crippen molar-refractivity contribution in [1.29, 1.82) is 0 Å². The van der Waals surface area contributed by atoms with Crippen LogP contribution in [0.2, 0.25) is 0 Å². The average Bonchev–Trinajstić information content (AvgIpc) is 2.36. The van der Waals surface area contributed by atoms with Gasteiger partial charge in [0.2, 0.25) is 13.9 Å². The smallest absolute Gasteiger partial charge is 0.226 e. The van der Waals surface area contributed by atoms with Crippen LogP contribution in [0, 0.1) is 11.3 Å². The molecule has 1 amide bonds. The zero-order valence-electron chi connectivity index (χ0n) is 11.6. The van der Waals surface area contributed by atoms with Crippen molar-refractivity contribution in [3.8, 4) is 0 Å². The van der Waals surface area contributed by atoms with E-state index in [1.165, 1.54) is 5.56 Å². The van der Waals surface area contributed by atoms with E-state index in [0.717, 1.165) is 19.3 Å². The largest absolute Gasteiger partial charge is 0.409 e. The van der Waals surface area contributed by atoms with Gasteiger partial charge in [-0.15, -0.1) is 0 Å². The fourth-order valence-electron chi connectivity index (χ4n) is 2.29. The van der Waals surface area contributed by atoms with Crippen molar-refractivity contribution in [3.63, 3.8) is 0 Å². The number of hydrogen-bond donors (Lipinski definition) is 1. The highest BCUT2D eigenvalue weighted by Gasteiger charge is 2.24. The molecule has 1 N–H and O–H groups in total. The normalized spacial score (nSPS) is 13.1. The Labute approximate surface area is 112 Å². The second-order valence-electron chi connectivity index (χ2n) is 5.76. The molecule has 0 aliphatic heterocycles. The Morgan fingerprint density at radius 1 is 1.33 bits per heavy atom. The molecule has 0 aliphatic carbocycles. The van der Waals surface area contributed by atoms with Gasteiger partial charge in [-0.25, -0.2) is 0 Å². The summed E-state index contributed by atoms with van der Waals surface area (Å²) in [6, 6.07) is 10.4. The Hall–Kier alpha value is -1.25. The van der Waals surface area contributed by atoms with Crippen molar-refractivity contribution in [1.82, 2.24) is 5.23 Å². The third-order valence-corrected chi connectivity index (χ3v) is 3.38. The number of nitrogens with one attached hydrogen (secondary N) is 1. The molecule has 3 heteroatoms. The number of aryl methyl sites for hydroxylation is 1. The first-order valence-electron chi connectivity index (χ1n) is 6.49. The third-order valence-electron chi connectivity index (χ3n) is 3.38. The maximum absolute atomic E-state index is 11.4. The molecular weight excluding hydrogens is 221 g/mol. The summed E-state index contributed by atoms with van der Waals surface area (Å²) in [4.78, 5) is 11.4. The van der Waals surface area contributed by atoms with Crippen LogP contribution in [0.1, 0.15) is 39.2 Å². The molecular formula is C15H22BNO. The van der Waals surface area contributed by atoms with Crippen LogP contribution in [0.5, 0.6) is 0 Å². The lowest BCUT2D eigenvalue weighted by Crippen LogP contribution is -2.30. The first kappa shape index (κ1) is 14.8. The summed E-state index contributed by atoms with van der Waals surface area (Å²) in [5, 5.41) is 2.22. The summed E-state index contributed by atoms with van der Waals surface area (Å²) in [5.74, 6) is -0.122. The van der Waals surface area contributed by atoms with Crippen LogP contribution in [0.4, 0.5) is 0 Å². The van der Waals surface area contributed by atoms with Gasteiger partial charge in [0.15, 0.2) is 0 Å². The second kappa shape index (κ2) is 6.62. The van der Waals surface area contributed by atoms with Crippen LogP contribution < -0.4 is 5.23 Å². The molecule has 0 spiro atoms. The fourth-order valence-corrected chi connectivity index (χ4v) is 2.29. The van der Waals surface area contributed by atoms with Crippen molar-refractivity contribution in [3.05, 3.63) is 35.9 Å². The van der Waals surface area contributed by atoms with Crippen LogP contribution in [0.25, 0.3) is 0 Å². The lowest BCUT2D eigenvalue weighted by molar-refractivity contribution is -0.123. The number of carbonyl (C=O) groups is 1. The Kier molecular flexibility index (Phi) is 5.45. The van der Waals surface area contributed by atoms with E-state index in [9.17, 15) is 4.79 Å². The Morgan fingerprint density at radius 3 is 2.50 bits per heavy atom. The summed E-state index contributed by atoms with van der Waals surface area (Å²) in [6.07, 6.45) is 2.97. The predicted octanol–water partition coefficient (Wildman–Crippen LogP) is 2.87. The van der Waals surface area contributed by atoms with Crippen LogP contribution in [0.3, 0.4) is 0 Å². The van der Waals surface area contributed by atoms with E-state index in [4.69, 9.17) is 7.98 Å². The van der Waals surface area contributed by atoms with E-state index in [0.29, 0.717) is 0 Å². The second-order valence-corrected chi connectivity index (χ2v) is 5.76. The van der Waals surface area contributed by atoms with Gasteiger partial charge < -0.3 is 5.23 Å². The lowest BCUT2D eigenvalue weighted by Gasteiger charge is -2.27. The van der Waals surface area contributed by atoms with Crippen molar-refractivity contribution >= 4 is 13.9 Å². The molecule has 1 unspecified atom stereocenters. The standard InChI is InChI=1S/C15H22BNO/c1-12(14(18)17-16)11-15(2,3)10-9-13-7-5-4-6-8-13/h4-8,12H,9-11H2,1-3H3,(H,17,18).